The minimum atomic E-state index is -0.881. The Hall–Kier alpha value is -2.25. The molecule has 22 heavy (non-hydrogen) atoms. The van der Waals surface area contributed by atoms with E-state index in [0.717, 1.165) is 17.1 Å². The summed E-state index contributed by atoms with van der Waals surface area (Å²) in [5.41, 5.74) is 7.52. The highest BCUT2D eigenvalue weighted by Crippen LogP contribution is 2.13. The summed E-state index contributed by atoms with van der Waals surface area (Å²) >= 11 is 1.50. The molecule has 0 bridgehead atoms. The molecule has 4 N–H and O–H groups in total. The molecule has 0 saturated heterocycles. The number of amides is 1. The number of nitrogens with two attached hydrogens (primary N) is 1. The Morgan fingerprint density at radius 3 is 2.59 bits per heavy atom. The lowest BCUT2D eigenvalue weighted by Crippen LogP contribution is -2.14. The summed E-state index contributed by atoms with van der Waals surface area (Å²) < 4.78 is 0. The molecular weight excluding hydrogens is 302 g/mol. The van der Waals surface area contributed by atoms with Crippen LogP contribution in [0.1, 0.15) is 16.3 Å². The number of rotatable bonds is 7. The monoisotopic (exact) mass is 319 g/mol. The molecule has 0 saturated carbocycles. The van der Waals surface area contributed by atoms with Crippen molar-refractivity contribution in [1.29, 1.82) is 0 Å². The summed E-state index contributed by atoms with van der Waals surface area (Å²) in [6.45, 7) is 0.543. The van der Waals surface area contributed by atoms with Crippen molar-refractivity contribution in [2.75, 3.05) is 11.9 Å². The molecule has 7 heteroatoms. The highest BCUT2D eigenvalue weighted by Gasteiger charge is 2.08. The fourth-order valence-corrected chi connectivity index (χ4v) is 2.73. The number of anilines is 1. The minimum Gasteiger partial charge on any atom is -0.481 e. The Kier molecular flexibility index (Phi) is 5.62. The first kappa shape index (κ1) is 16.1. The second kappa shape index (κ2) is 7.67. The molecule has 2 aromatic rings. The van der Waals surface area contributed by atoms with Crippen LogP contribution in [0.15, 0.2) is 29.6 Å². The van der Waals surface area contributed by atoms with Crippen LogP contribution in [0.5, 0.6) is 0 Å². The zero-order valence-corrected chi connectivity index (χ0v) is 12.7. The van der Waals surface area contributed by atoms with Gasteiger partial charge in [0.1, 0.15) is 0 Å². The summed E-state index contributed by atoms with van der Waals surface area (Å²) in [5.74, 6) is -1.04. The minimum absolute atomic E-state index is 0.0308. The molecule has 6 nitrogen and oxygen atoms in total. The molecular formula is C15H17N3O3S. The fraction of sp³-hybridized carbons (Fsp3) is 0.267. The third-order valence-corrected chi connectivity index (χ3v) is 3.85. The zero-order valence-electron chi connectivity index (χ0n) is 11.9. The van der Waals surface area contributed by atoms with Gasteiger partial charge < -0.3 is 16.2 Å². The molecule has 0 aliphatic carbocycles. The molecule has 1 heterocycles. The molecule has 0 fully saturated rings. The lowest BCUT2D eigenvalue weighted by Gasteiger charge is -2.05. The number of aromatic nitrogens is 1. The predicted molar refractivity (Wildman–Crippen MR) is 85.0 cm³/mol. The van der Waals surface area contributed by atoms with E-state index < -0.39 is 5.97 Å². The maximum Gasteiger partial charge on any atom is 0.307 e. The number of aliphatic carboxylic acids is 1. The summed E-state index contributed by atoms with van der Waals surface area (Å²) in [7, 11) is 0. The number of carbonyl (C=O) groups excluding carboxylic acids is 1. The lowest BCUT2D eigenvalue weighted by molar-refractivity contribution is -0.136. The number of hydrogen-bond acceptors (Lipinski definition) is 5. The summed E-state index contributed by atoms with van der Waals surface area (Å²) in [4.78, 5) is 26.9. The van der Waals surface area contributed by atoms with E-state index in [9.17, 15) is 9.59 Å². The van der Waals surface area contributed by atoms with Gasteiger partial charge in [-0.2, -0.15) is 0 Å². The molecule has 1 amide bonds. The van der Waals surface area contributed by atoms with Gasteiger partial charge in [0.2, 0.25) is 5.91 Å². The van der Waals surface area contributed by atoms with Crippen LogP contribution in [-0.2, 0) is 28.9 Å². The standard InChI is InChI=1S/C15H17N3O3S/c16-6-5-14-18-12(9-22-14)8-13(19)17-11-3-1-10(2-4-11)7-15(20)21/h1-4,9H,5-8,16H2,(H,17,19)(H,20,21). The van der Waals surface area contributed by atoms with E-state index in [1.807, 2.05) is 5.38 Å². The first-order chi connectivity index (χ1) is 10.6. The second-order valence-electron chi connectivity index (χ2n) is 4.76. The van der Waals surface area contributed by atoms with Gasteiger partial charge >= 0.3 is 5.97 Å². The van der Waals surface area contributed by atoms with Crippen LogP contribution in [-0.4, -0.2) is 28.5 Å². The van der Waals surface area contributed by atoms with Gasteiger partial charge in [-0.25, -0.2) is 4.98 Å². The molecule has 0 unspecified atom stereocenters. The van der Waals surface area contributed by atoms with Crippen molar-refractivity contribution in [3.63, 3.8) is 0 Å². The van der Waals surface area contributed by atoms with E-state index >= 15 is 0 Å². The maximum absolute atomic E-state index is 11.9. The Balaban J connectivity index is 1.89. The Morgan fingerprint density at radius 2 is 1.95 bits per heavy atom. The third-order valence-electron chi connectivity index (χ3n) is 2.89. The number of carbonyl (C=O) groups is 2. The summed E-state index contributed by atoms with van der Waals surface area (Å²) in [6.07, 6.45) is 0.895. The van der Waals surface area contributed by atoms with Crippen molar-refractivity contribution >= 4 is 28.9 Å². The van der Waals surface area contributed by atoms with Gasteiger partial charge in [0.15, 0.2) is 0 Å². The molecule has 1 aromatic heterocycles. The van der Waals surface area contributed by atoms with Crippen LogP contribution in [0, 0.1) is 0 Å². The fourth-order valence-electron chi connectivity index (χ4n) is 1.92. The number of thiazole rings is 1. The van der Waals surface area contributed by atoms with Gasteiger partial charge in [-0.05, 0) is 24.2 Å². The van der Waals surface area contributed by atoms with E-state index in [1.165, 1.54) is 11.3 Å². The zero-order chi connectivity index (χ0) is 15.9. The number of carboxylic acid groups (broad SMARTS) is 1. The van der Waals surface area contributed by atoms with Crippen LogP contribution in [0.25, 0.3) is 0 Å². The van der Waals surface area contributed by atoms with Crippen LogP contribution < -0.4 is 11.1 Å². The quantitative estimate of drug-likeness (QED) is 0.716. The molecule has 2 rings (SSSR count). The molecule has 116 valence electrons. The number of carboxylic acids is 1. The number of nitrogens with one attached hydrogen (secondary N) is 1. The third kappa shape index (κ3) is 4.94. The van der Waals surface area contributed by atoms with Crippen molar-refractivity contribution in [2.24, 2.45) is 5.73 Å². The maximum atomic E-state index is 11.9. The summed E-state index contributed by atoms with van der Waals surface area (Å²) in [5, 5.41) is 14.3. The Labute approximate surface area is 132 Å². The van der Waals surface area contributed by atoms with Crippen molar-refractivity contribution < 1.29 is 14.7 Å². The van der Waals surface area contributed by atoms with Gasteiger partial charge in [0, 0.05) is 17.5 Å². The van der Waals surface area contributed by atoms with Gasteiger partial charge in [0.25, 0.3) is 0 Å². The van der Waals surface area contributed by atoms with Crippen molar-refractivity contribution in [3.8, 4) is 0 Å². The lowest BCUT2D eigenvalue weighted by atomic mass is 10.1. The molecule has 0 radical (unpaired) electrons. The van der Waals surface area contributed by atoms with E-state index in [4.69, 9.17) is 10.8 Å². The number of nitrogens with zero attached hydrogens (tertiary/aromatic N) is 1. The first-order valence-corrected chi connectivity index (χ1v) is 7.68. The van der Waals surface area contributed by atoms with Crippen molar-refractivity contribution in [2.45, 2.75) is 19.3 Å². The van der Waals surface area contributed by atoms with E-state index in [-0.39, 0.29) is 18.7 Å². The normalized spacial score (nSPS) is 10.4. The Morgan fingerprint density at radius 1 is 1.23 bits per heavy atom. The molecule has 1 aromatic carbocycles. The highest BCUT2D eigenvalue weighted by molar-refractivity contribution is 7.09. The van der Waals surface area contributed by atoms with Crippen LogP contribution in [0.3, 0.4) is 0 Å². The van der Waals surface area contributed by atoms with E-state index in [0.29, 0.717) is 17.8 Å². The van der Waals surface area contributed by atoms with Crippen molar-refractivity contribution in [1.82, 2.24) is 4.98 Å². The SMILES string of the molecule is NCCc1nc(CC(=O)Nc2ccc(CC(=O)O)cc2)cs1. The molecule has 0 aliphatic heterocycles. The van der Waals surface area contributed by atoms with Gasteiger partial charge in [0.05, 0.1) is 23.5 Å². The van der Waals surface area contributed by atoms with Crippen LogP contribution in [0.4, 0.5) is 5.69 Å². The van der Waals surface area contributed by atoms with Crippen LogP contribution in [0.2, 0.25) is 0 Å². The summed E-state index contributed by atoms with van der Waals surface area (Å²) in [6, 6.07) is 6.76. The smallest absolute Gasteiger partial charge is 0.307 e. The number of benzene rings is 1. The highest BCUT2D eigenvalue weighted by atomic mass is 32.1. The van der Waals surface area contributed by atoms with Gasteiger partial charge in [-0.1, -0.05) is 12.1 Å². The largest absolute Gasteiger partial charge is 0.481 e. The van der Waals surface area contributed by atoms with Gasteiger partial charge in [-0.15, -0.1) is 11.3 Å². The Bertz CT molecular complexity index is 652. The molecule has 0 atom stereocenters. The molecule has 0 aliphatic rings. The van der Waals surface area contributed by atoms with Crippen LogP contribution >= 0.6 is 11.3 Å². The van der Waals surface area contributed by atoms with E-state index in [2.05, 4.69) is 10.3 Å². The average molecular weight is 319 g/mol. The first-order valence-electron chi connectivity index (χ1n) is 6.80. The van der Waals surface area contributed by atoms with Crippen molar-refractivity contribution in [3.05, 3.63) is 45.9 Å². The topological polar surface area (TPSA) is 105 Å². The van der Waals surface area contributed by atoms with E-state index in [1.54, 1.807) is 24.3 Å². The average Bonchev–Trinajstić information content (AvgIpc) is 2.88. The number of hydrogen-bond donors (Lipinski definition) is 3. The second-order valence-corrected chi connectivity index (χ2v) is 5.71. The van der Waals surface area contributed by atoms with Gasteiger partial charge in [-0.3, -0.25) is 9.59 Å². The predicted octanol–water partition coefficient (Wildman–Crippen LogP) is 1.45. The molecule has 0 spiro atoms.